The van der Waals surface area contributed by atoms with E-state index >= 15 is 0 Å². The van der Waals surface area contributed by atoms with E-state index in [9.17, 15) is 5.21 Å². The van der Waals surface area contributed by atoms with E-state index in [1.54, 1.807) is 21.0 Å². The van der Waals surface area contributed by atoms with Crippen molar-refractivity contribution < 1.29 is 5.21 Å². The summed E-state index contributed by atoms with van der Waals surface area (Å²) in [7, 11) is 3.44. The average molecular weight is 365 g/mol. The number of halogens is 1. The Balaban J connectivity index is 2.60. The van der Waals surface area contributed by atoms with Gasteiger partial charge in [0, 0.05) is 35.1 Å². The molecule has 1 aromatic carbocycles. The molecule has 24 heavy (non-hydrogen) atoms. The van der Waals surface area contributed by atoms with Crippen molar-refractivity contribution in [2.75, 3.05) is 19.2 Å². The van der Waals surface area contributed by atoms with Gasteiger partial charge in [-0.15, -0.1) is 11.3 Å². The molecule has 0 aliphatic carbocycles. The number of thiophene rings is 1. The summed E-state index contributed by atoms with van der Waals surface area (Å²) in [5.74, 6) is 0.451. The summed E-state index contributed by atoms with van der Waals surface area (Å²) in [6, 6.07) is 7.52. The number of rotatable bonds is 4. The summed E-state index contributed by atoms with van der Waals surface area (Å²) in [6.45, 7) is 5.79. The molecule has 7 heteroatoms. The molecule has 0 spiro atoms. The van der Waals surface area contributed by atoms with Crippen molar-refractivity contribution in [2.24, 2.45) is 10.1 Å². The molecule has 1 heterocycles. The van der Waals surface area contributed by atoms with Gasteiger partial charge in [-0.25, -0.2) is 0 Å². The monoisotopic (exact) mass is 364 g/mol. The first kappa shape index (κ1) is 18.4. The fourth-order valence-corrected chi connectivity index (χ4v) is 3.63. The molecular weight excluding hydrogens is 344 g/mol. The Hall–Kier alpha value is -1.89. The molecule has 0 amide bonds. The first-order valence-corrected chi connectivity index (χ1v) is 8.63. The number of anilines is 1. The Morgan fingerprint density at radius 1 is 1.25 bits per heavy atom. The second-order valence-electron chi connectivity index (χ2n) is 5.24. The highest BCUT2D eigenvalue weighted by atomic mass is 35.5. The highest BCUT2D eigenvalue weighted by Gasteiger charge is 2.23. The molecule has 0 saturated heterocycles. The lowest BCUT2D eigenvalue weighted by molar-refractivity contribution is 0.313. The maximum Gasteiger partial charge on any atom is 0.152 e. The number of aryl methyl sites for hydroxylation is 1. The minimum Gasteiger partial charge on any atom is -0.311 e. The molecule has 0 unspecified atom stereocenters. The molecule has 0 aliphatic heterocycles. The second-order valence-corrected chi connectivity index (χ2v) is 6.88. The predicted octanol–water partition coefficient (Wildman–Crippen LogP) is 4.23. The zero-order valence-electron chi connectivity index (χ0n) is 14.4. The van der Waals surface area contributed by atoms with E-state index in [-0.39, 0.29) is 0 Å². The maximum absolute atomic E-state index is 10.6. The van der Waals surface area contributed by atoms with Gasteiger partial charge in [-0.2, -0.15) is 10.2 Å². The third-order valence-electron chi connectivity index (χ3n) is 3.72. The topological polar surface area (TPSA) is 60.2 Å². The fraction of sp³-hybridized carbons (Fsp3) is 0.294. The zero-order chi connectivity index (χ0) is 17.9. The van der Waals surface area contributed by atoms with Crippen LogP contribution in [0.5, 0.6) is 0 Å². The fourth-order valence-electron chi connectivity index (χ4n) is 2.39. The molecule has 0 radical (unpaired) electrons. The van der Waals surface area contributed by atoms with Crippen molar-refractivity contribution in [1.29, 1.82) is 0 Å². The SMILES string of the molecule is CN=C(c1ccc(Cl)cc1)c1c(N(O)/C(C)=N\NC)sc(C)c1C. The Morgan fingerprint density at radius 3 is 2.42 bits per heavy atom. The van der Waals surface area contributed by atoms with E-state index in [0.29, 0.717) is 15.9 Å². The lowest BCUT2D eigenvalue weighted by atomic mass is 10.00. The van der Waals surface area contributed by atoms with Crippen LogP contribution in [0.4, 0.5) is 5.00 Å². The van der Waals surface area contributed by atoms with E-state index in [1.165, 1.54) is 11.3 Å². The van der Waals surface area contributed by atoms with Crippen LogP contribution in [0.15, 0.2) is 34.4 Å². The van der Waals surface area contributed by atoms with Crippen molar-refractivity contribution in [2.45, 2.75) is 20.8 Å². The highest BCUT2D eigenvalue weighted by Crippen LogP contribution is 2.37. The van der Waals surface area contributed by atoms with Crippen molar-refractivity contribution in [1.82, 2.24) is 5.43 Å². The number of benzene rings is 1. The number of nitrogens with zero attached hydrogens (tertiary/aromatic N) is 3. The molecular formula is C17H21ClN4OS. The van der Waals surface area contributed by atoms with Gasteiger partial charge in [-0.05, 0) is 38.5 Å². The molecule has 0 fully saturated rings. The van der Waals surface area contributed by atoms with Crippen LogP contribution in [0.2, 0.25) is 5.02 Å². The molecule has 2 rings (SSSR count). The molecule has 1 aromatic heterocycles. The predicted molar refractivity (Wildman–Crippen MR) is 103 cm³/mol. The van der Waals surface area contributed by atoms with Crippen molar-refractivity contribution in [3.63, 3.8) is 0 Å². The van der Waals surface area contributed by atoms with Gasteiger partial charge in [0.05, 0.1) is 5.71 Å². The smallest absolute Gasteiger partial charge is 0.152 e. The van der Waals surface area contributed by atoms with E-state index in [2.05, 4.69) is 15.5 Å². The molecule has 0 aliphatic rings. The van der Waals surface area contributed by atoms with E-state index in [0.717, 1.165) is 32.3 Å². The Labute approximate surface area is 151 Å². The minimum absolute atomic E-state index is 0.451. The Morgan fingerprint density at radius 2 is 1.88 bits per heavy atom. The van der Waals surface area contributed by atoms with Crippen LogP contribution in [0.1, 0.15) is 28.5 Å². The lowest BCUT2D eigenvalue weighted by Crippen LogP contribution is -2.27. The molecule has 5 nitrogen and oxygen atoms in total. The van der Waals surface area contributed by atoms with Crippen LogP contribution in [0, 0.1) is 13.8 Å². The third-order valence-corrected chi connectivity index (χ3v) is 5.15. The zero-order valence-corrected chi connectivity index (χ0v) is 16.0. The largest absolute Gasteiger partial charge is 0.311 e. The second kappa shape index (κ2) is 7.79. The number of hydrogen-bond acceptors (Lipinski definition) is 5. The summed E-state index contributed by atoms with van der Waals surface area (Å²) in [5, 5.41) is 17.1. The normalized spacial score (nSPS) is 12.5. The highest BCUT2D eigenvalue weighted by molar-refractivity contribution is 7.16. The number of hydrogen-bond donors (Lipinski definition) is 2. The number of hydrazone groups is 1. The van der Waals surface area contributed by atoms with Crippen molar-refractivity contribution in [3.05, 3.63) is 50.9 Å². The molecule has 0 atom stereocenters. The molecule has 0 bridgehead atoms. The summed E-state index contributed by atoms with van der Waals surface area (Å²) in [5.41, 5.74) is 6.42. The van der Waals surface area contributed by atoms with Gasteiger partial charge in [-0.1, -0.05) is 23.7 Å². The molecule has 0 saturated carbocycles. The van der Waals surface area contributed by atoms with Gasteiger partial charge in [0.2, 0.25) is 0 Å². The first-order chi connectivity index (χ1) is 11.4. The van der Waals surface area contributed by atoms with Crippen LogP contribution >= 0.6 is 22.9 Å². The van der Waals surface area contributed by atoms with Crippen LogP contribution in [-0.4, -0.2) is 30.8 Å². The van der Waals surface area contributed by atoms with Gasteiger partial charge in [0.1, 0.15) is 5.00 Å². The van der Waals surface area contributed by atoms with E-state index in [4.69, 9.17) is 11.6 Å². The minimum atomic E-state index is 0.451. The van der Waals surface area contributed by atoms with Crippen LogP contribution < -0.4 is 10.5 Å². The average Bonchev–Trinajstić information content (AvgIpc) is 2.85. The first-order valence-electron chi connectivity index (χ1n) is 7.43. The van der Waals surface area contributed by atoms with E-state index in [1.807, 2.05) is 38.1 Å². The van der Waals surface area contributed by atoms with Gasteiger partial charge >= 0.3 is 0 Å². The molecule has 2 aromatic rings. The van der Waals surface area contributed by atoms with Crippen LogP contribution in [0.3, 0.4) is 0 Å². The van der Waals surface area contributed by atoms with E-state index < -0.39 is 0 Å². The quantitative estimate of drug-likeness (QED) is 0.484. The Kier molecular flexibility index (Phi) is 5.99. The third kappa shape index (κ3) is 3.61. The summed E-state index contributed by atoms with van der Waals surface area (Å²) in [4.78, 5) is 5.58. The van der Waals surface area contributed by atoms with Gasteiger partial charge in [-0.3, -0.25) is 10.2 Å². The van der Waals surface area contributed by atoms with Gasteiger partial charge in [0.15, 0.2) is 5.84 Å². The number of amidine groups is 1. The summed E-state index contributed by atoms with van der Waals surface area (Å²) in [6.07, 6.45) is 0. The summed E-state index contributed by atoms with van der Waals surface area (Å²) >= 11 is 7.50. The molecule has 2 N–H and O–H groups in total. The van der Waals surface area contributed by atoms with Crippen molar-refractivity contribution >= 4 is 39.5 Å². The maximum atomic E-state index is 10.6. The number of aliphatic imine (C=N–C) groups is 1. The standard InChI is InChI=1S/C17H21ClN4OS/c1-10-11(2)24-17(22(23)12(3)21-20-5)15(10)16(19-4)13-6-8-14(18)9-7-13/h6-9,20,23H,1-5H3/b19-16?,21-12-. The van der Waals surface area contributed by atoms with Gasteiger partial charge < -0.3 is 5.43 Å². The molecule has 128 valence electrons. The number of nitrogens with one attached hydrogen (secondary N) is 1. The number of hydroxylamine groups is 1. The summed E-state index contributed by atoms with van der Waals surface area (Å²) < 4.78 is 0. The van der Waals surface area contributed by atoms with Gasteiger partial charge in [0.25, 0.3) is 0 Å². The van der Waals surface area contributed by atoms with Crippen LogP contribution in [0.25, 0.3) is 0 Å². The van der Waals surface area contributed by atoms with Crippen molar-refractivity contribution in [3.8, 4) is 0 Å². The van der Waals surface area contributed by atoms with Crippen LogP contribution in [-0.2, 0) is 0 Å². The Bertz CT molecular complexity index is 781. The lowest BCUT2D eigenvalue weighted by Gasteiger charge is -2.17.